The summed E-state index contributed by atoms with van der Waals surface area (Å²) in [6.45, 7) is 7.41. The Morgan fingerprint density at radius 3 is 1.43 bits per heavy atom. The molecule has 6 heterocycles. The number of carbonyl (C=O) groups excluding carboxylic acids is 6. The van der Waals surface area contributed by atoms with E-state index >= 15 is 4.79 Å². The van der Waals surface area contributed by atoms with Crippen LogP contribution in [0.5, 0.6) is 0 Å². The van der Waals surface area contributed by atoms with Gasteiger partial charge in [0.2, 0.25) is 0 Å². The van der Waals surface area contributed by atoms with Crippen molar-refractivity contribution < 1.29 is 159 Å². The summed E-state index contributed by atoms with van der Waals surface area (Å²) in [5.41, 5.74) is 4.34. The number of carbonyl (C=O) groups is 6. The van der Waals surface area contributed by atoms with E-state index in [2.05, 4.69) is 25.0 Å². The smallest absolute Gasteiger partial charge is 0.407 e. The van der Waals surface area contributed by atoms with E-state index in [4.69, 9.17) is 104 Å². The van der Waals surface area contributed by atoms with Crippen LogP contribution in [-0.4, -0.2) is 275 Å². The van der Waals surface area contributed by atoms with Gasteiger partial charge >= 0.3 is 35.9 Å². The normalized spacial score (nSPS) is 30.5. The number of benzene rings is 6. The van der Waals surface area contributed by atoms with Crippen LogP contribution in [0.15, 0.2) is 182 Å². The van der Waals surface area contributed by atoms with Crippen LogP contribution in [0, 0.1) is 0 Å². The Bertz CT molecular complexity index is 4320. The first-order valence-electron chi connectivity index (χ1n) is 41.6. The minimum Gasteiger partial charge on any atom is -0.462 e. The van der Waals surface area contributed by atoms with Gasteiger partial charge in [0.15, 0.2) is 49.6 Å². The molecule has 1 spiro atoms. The average Bonchev–Trinajstić information content (AvgIpc) is 1.22. The van der Waals surface area contributed by atoms with E-state index in [0.717, 1.165) is 63.1 Å². The monoisotopic (exact) mass is 1760 g/mol. The van der Waals surface area contributed by atoms with E-state index < -0.39 is 229 Å². The number of aliphatic hydroxyl groups is 5. The minimum absolute atomic E-state index is 0.00613. The highest BCUT2D eigenvalue weighted by atomic mass is 28.3. The fourth-order valence-electron chi connectivity index (χ4n) is 15.6. The number of amides is 1. The van der Waals surface area contributed by atoms with Gasteiger partial charge in [-0.3, -0.25) is 19.2 Å². The van der Waals surface area contributed by atoms with Crippen LogP contribution in [0.1, 0.15) is 67.5 Å². The largest absolute Gasteiger partial charge is 0.462 e. The number of alkyl carbamates (subject to hydrolysis) is 1. The van der Waals surface area contributed by atoms with Gasteiger partial charge in [-0.1, -0.05) is 202 Å². The molecule has 0 aromatic heterocycles. The van der Waals surface area contributed by atoms with Gasteiger partial charge in [-0.15, -0.1) is 0 Å². The number of methoxy groups -OCH3 is 1. The molecule has 6 aromatic carbocycles. The lowest BCUT2D eigenvalue weighted by Gasteiger charge is -2.56. The second kappa shape index (κ2) is 45.8. The van der Waals surface area contributed by atoms with E-state index in [9.17, 15) is 49.5 Å². The Kier molecular flexibility index (Phi) is 35.0. The molecule has 125 heavy (non-hydrogen) atoms. The third-order valence-electron chi connectivity index (χ3n) is 21.7. The van der Waals surface area contributed by atoms with Gasteiger partial charge in [-0.05, 0) is 39.4 Å². The highest BCUT2D eigenvalue weighted by Crippen LogP contribution is 2.47. The van der Waals surface area contributed by atoms with Crippen LogP contribution in [0.4, 0.5) is 4.79 Å². The van der Waals surface area contributed by atoms with Gasteiger partial charge in [0.25, 0.3) is 5.79 Å². The second-order valence-electron chi connectivity index (χ2n) is 32.4. The zero-order chi connectivity index (χ0) is 88.7. The number of hydrogen-bond acceptors (Lipinski definition) is 33. The number of aliphatic hydroxyl groups excluding tert-OH is 5. The number of esters is 5. The summed E-state index contributed by atoms with van der Waals surface area (Å²) in [7, 11) is -0.753. The molecule has 6 aromatic rings. The summed E-state index contributed by atoms with van der Waals surface area (Å²) in [4.78, 5) is 81.7. The molecule has 6 aliphatic heterocycles. The van der Waals surface area contributed by atoms with Crippen molar-refractivity contribution in [3.63, 3.8) is 0 Å². The maximum atomic E-state index is 16.2. The zero-order valence-electron chi connectivity index (χ0n) is 70.8. The zero-order valence-corrected chi connectivity index (χ0v) is 71.8. The van der Waals surface area contributed by atoms with E-state index in [0.29, 0.717) is 11.1 Å². The molecule has 1 amide bonds. The van der Waals surface area contributed by atoms with Crippen LogP contribution in [0.25, 0.3) is 0 Å². The van der Waals surface area contributed by atoms with Crippen molar-refractivity contribution in [1.82, 2.24) is 5.32 Å². The van der Waals surface area contributed by atoms with Crippen molar-refractivity contribution in [1.29, 1.82) is 0 Å². The van der Waals surface area contributed by atoms with Gasteiger partial charge in [0, 0.05) is 48.8 Å². The lowest BCUT2D eigenvalue weighted by molar-refractivity contribution is -0.416. The second-order valence-corrected chi connectivity index (χ2v) is 38.0. The van der Waals surface area contributed by atoms with Crippen molar-refractivity contribution in [3.05, 3.63) is 215 Å². The fraction of sp³-hybridized carbons (Fsp3) is 0.533. The Hall–Kier alpha value is -8.68. The number of hydrogen-bond donors (Lipinski definition) is 6. The van der Waals surface area contributed by atoms with Gasteiger partial charge in [0.1, 0.15) is 98.2 Å². The van der Waals surface area contributed by atoms with E-state index in [1.807, 2.05) is 140 Å². The molecule has 12 rings (SSSR count). The molecule has 6 saturated heterocycles. The summed E-state index contributed by atoms with van der Waals surface area (Å²) in [5, 5.41) is 61.7. The topological polar surface area (TPSA) is 419 Å². The van der Waals surface area contributed by atoms with Gasteiger partial charge in [0.05, 0.1) is 85.3 Å². The molecule has 680 valence electrons. The van der Waals surface area contributed by atoms with Crippen molar-refractivity contribution in [2.75, 3.05) is 46.8 Å². The first-order chi connectivity index (χ1) is 60.3. The third-order valence-corrected chi connectivity index (χ3v) is 23.4. The van der Waals surface area contributed by atoms with Crippen molar-refractivity contribution in [2.45, 2.75) is 259 Å². The summed E-state index contributed by atoms with van der Waals surface area (Å²) in [5.74, 6) is -7.91. The maximum Gasteiger partial charge on any atom is 0.407 e. The highest BCUT2D eigenvalue weighted by Gasteiger charge is 2.67. The molecule has 34 nitrogen and oxygen atoms in total. The average molecular weight is 1760 g/mol. The molecule has 0 aliphatic carbocycles. The van der Waals surface area contributed by atoms with Crippen molar-refractivity contribution in [2.24, 2.45) is 0 Å². The molecular formula is C90H113NO33Si. The van der Waals surface area contributed by atoms with Gasteiger partial charge < -0.3 is 135 Å². The Morgan fingerprint density at radius 1 is 0.488 bits per heavy atom. The van der Waals surface area contributed by atoms with Gasteiger partial charge in [-0.25, -0.2) is 9.59 Å². The molecule has 26 atom stereocenters. The van der Waals surface area contributed by atoms with Crippen LogP contribution in [0.2, 0.25) is 25.7 Å². The predicted octanol–water partition coefficient (Wildman–Crippen LogP) is 6.12. The number of rotatable bonds is 41. The highest BCUT2D eigenvalue weighted by molar-refractivity contribution is 6.76. The quantitative estimate of drug-likeness (QED) is 0.0143. The lowest BCUT2D eigenvalue weighted by atomic mass is 9.86. The molecule has 6 fully saturated rings. The summed E-state index contributed by atoms with van der Waals surface area (Å²) < 4.78 is 146. The van der Waals surface area contributed by atoms with Crippen molar-refractivity contribution >= 4 is 44.0 Å². The summed E-state index contributed by atoms with van der Waals surface area (Å²) in [6.07, 6.45) is -42.5. The molecule has 0 saturated carbocycles. The number of nitrogens with one attached hydrogen (secondary N) is 1. The van der Waals surface area contributed by atoms with E-state index in [1.165, 1.54) is 0 Å². The summed E-state index contributed by atoms with van der Waals surface area (Å²) in [6, 6.07) is 54.2. The third kappa shape index (κ3) is 26.1. The predicted molar refractivity (Wildman–Crippen MR) is 437 cm³/mol. The number of ether oxygens (including phenoxy) is 22. The first kappa shape index (κ1) is 95.4. The minimum atomic E-state index is -2.92. The lowest BCUT2D eigenvalue weighted by Crippen LogP contribution is -2.75. The molecule has 0 bridgehead atoms. The fourth-order valence-corrected chi connectivity index (χ4v) is 16.3. The van der Waals surface area contributed by atoms with E-state index in [1.54, 1.807) is 42.5 Å². The Balaban J connectivity index is 0.984. The van der Waals surface area contributed by atoms with Crippen LogP contribution < -0.4 is 5.32 Å². The molecule has 0 unspecified atom stereocenters. The maximum absolute atomic E-state index is 16.2. The van der Waals surface area contributed by atoms with Crippen LogP contribution in [0.3, 0.4) is 0 Å². The standard InChI is InChI=1S/C90H113NO33Si/c1-53(94)107-52-68(112-54(2)95)73-78(113-55(3)96)83(114-56(4)97)87(120-73)121-76-71(100)65(43-93)116-85(80(76)109-47-60-33-21-12-22-34-60)115-64-41-90(123-75(70(99)63(98)42-92)69(64)91-89(102)103-5)88(101)122-74-67(51-105-45-58-29-17-10-18-30-58)118-86(82(79(74)124-90)111-49-62-37-25-14-26-38-62)119-72-66(50-104-44-57-27-15-9-16-28-57)117-84(106-39-40-125(6,7)8)81(110-48-61-35-23-13-24-36-61)77(72)108-46-59-31-19-11-20-32-59/h9-38,63-87,92-93,98-100H,39-52H2,1-8H3,(H,91,102)/t63-,64+,65-,66-,67-,68-,69-,70-,71+,72-,73+,74+,75-,76+,77+,78+,79+,80-,81-,82-,83-,84-,85+,86+,87-,90+/m1/s1. The van der Waals surface area contributed by atoms with Gasteiger partial charge in [-0.2, -0.15) is 0 Å². The molecule has 6 aliphatic rings. The van der Waals surface area contributed by atoms with Crippen LogP contribution in [-0.2, 0) is 168 Å². The molecule has 0 radical (unpaired) electrons. The SMILES string of the molecule is COC(=O)N[C@H]1[C@H]([C@H](O)[C@H](O)CO)O[C@@]2(C[C@@H]1O[C@H]1O[C@H](CO)[C@H](O)[C@H](O[C@H]3O[C@@H]([C@@H](COC(C)=O)OC(C)=O)[C@H](OC(C)=O)[C@H]3OC(C)=O)[C@H]1OCc1ccccc1)O[C@H]1[C@@H](OC2=O)[C@@H](COCc2ccccc2)O[C@@H](O[C@H]2[C@H](OCc3ccccc3)[C@@H](OCc3ccccc3)[C@H](OCC[Si](C)(C)C)O[C@@H]2COCc2ccccc2)[C@@H]1OCc1ccccc1. The molecule has 35 heteroatoms. The Morgan fingerprint density at radius 2 is 0.944 bits per heavy atom. The van der Waals surface area contributed by atoms with Crippen molar-refractivity contribution in [3.8, 4) is 0 Å². The number of fused-ring (bicyclic) bond motifs is 1. The molecular weight excluding hydrogens is 1650 g/mol. The summed E-state index contributed by atoms with van der Waals surface area (Å²) >= 11 is 0. The first-order valence-corrected chi connectivity index (χ1v) is 45.4. The Labute approximate surface area is 725 Å². The van der Waals surface area contributed by atoms with Crippen LogP contribution >= 0.6 is 0 Å². The molecule has 6 N–H and O–H groups in total. The van der Waals surface area contributed by atoms with E-state index in [-0.39, 0.29) is 59.5 Å².